The van der Waals surface area contributed by atoms with E-state index in [9.17, 15) is 9.59 Å². The molecule has 1 amide bonds. The van der Waals surface area contributed by atoms with E-state index in [4.69, 9.17) is 9.15 Å². The smallest absolute Gasteiger partial charge is 0.349 e. The molecule has 3 rings (SSSR count). The fourth-order valence-electron chi connectivity index (χ4n) is 3.54. The molecule has 24 heavy (non-hydrogen) atoms. The van der Waals surface area contributed by atoms with Crippen molar-refractivity contribution >= 4 is 16.9 Å². The van der Waals surface area contributed by atoms with Crippen molar-refractivity contribution in [3.8, 4) is 5.75 Å². The molecular formula is C19H23NO4. The predicted octanol–water partition coefficient (Wildman–Crippen LogP) is 3.31. The van der Waals surface area contributed by atoms with Gasteiger partial charge in [0.1, 0.15) is 5.56 Å². The highest BCUT2D eigenvalue weighted by Crippen LogP contribution is 2.26. The first-order valence-electron chi connectivity index (χ1n) is 8.48. The number of carbonyl (C=O) groups excluding carboxylic acids is 1. The van der Waals surface area contributed by atoms with Crippen LogP contribution in [0.2, 0.25) is 0 Å². The lowest BCUT2D eigenvalue weighted by atomic mass is 9.91. The first-order valence-corrected chi connectivity index (χ1v) is 8.48. The van der Waals surface area contributed by atoms with Gasteiger partial charge in [-0.3, -0.25) is 4.79 Å². The van der Waals surface area contributed by atoms with E-state index in [0.717, 1.165) is 6.42 Å². The monoisotopic (exact) mass is 329 g/mol. The standard InChI is InChI=1S/C19H23NO4/c1-4-23-16-7-5-6-14-9-15(19(22)24-17(14)16)18(21)20-10-12(2)8-13(3)11-20/h5-7,9,12-13H,4,8,10-11H2,1-3H3/t12-,13-/m0/s1. The Morgan fingerprint density at radius 1 is 1.29 bits per heavy atom. The van der Waals surface area contributed by atoms with Crippen LogP contribution < -0.4 is 10.4 Å². The lowest BCUT2D eigenvalue weighted by molar-refractivity contribution is 0.0619. The highest BCUT2D eigenvalue weighted by molar-refractivity contribution is 5.97. The van der Waals surface area contributed by atoms with E-state index in [1.807, 2.05) is 19.1 Å². The maximum Gasteiger partial charge on any atom is 0.349 e. The SMILES string of the molecule is CCOc1cccc2cc(C(=O)N3C[C@@H](C)C[C@H](C)C3)c(=O)oc12. The third-order valence-electron chi connectivity index (χ3n) is 4.41. The van der Waals surface area contributed by atoms with Crippen LogP contribution in [0, 0.1) is 11.8 Å². The molecule has 0 radical (unpaired) electrons. The highest BCUT2D eigenvalue weighted by Gasteiger charge is 2.28. The number of nitrogens with zero attached hydrogens (tertiary/aromatic N) is 1. The molecule has 0 spiro atoms. The maximum absolute atomic E-state index is 12.8. The van der Waals surface area contributed by atoms with Gasteiger partial charge in [-0.15, -0.1) is 0 Å². The zero-order chi connectivity index (χ0) is 17.3. The minimum atomic E-state index is -0.606. The quantitative estimate of drug-likeness (QED) is 0.811. The number of rotatable bonds is 3. The first-order chi connectivity index (χ1) is 11.5. The second-order valence-electron chi connectivity index (χ2n) is 6.71. The van der Waals surface area contributed by atoms with Gasteiger partial charge in [0.25, 0.3) is 5.91 Å². The number of amides is 1. The van der Waals surface area contributed by atoms with Gasteiger partial charge in [0.05, 0.1) is 6.61 Å². The molecule has 1 aliphatic heterocycles. The summed E-state index contributed by atoms with van der Waals surface area (Å²) in [5, 5.41) is 0.696. The number of carbonyl (C=O) groups is 1. The van der Waals surface area contributed by atoms with Crippen LogP contribution in [0.4, 0.5) is 0 Å². The van der Waals surface area contributed by atoms with Gasteiger partial charge in [0.2, 0.25) is 0 Å². The highest BCUT2D eigenvalue weighted by atomic mass is 16.5. The lowest BCUT2D eigenvalue weighted by Gasteiger charge is -2.34. The second-order valence-corrected chi connectivity index (χ2v) is 6.71. The first kappa shape index (κ1) is 16.6. The minimum absolute atomic E-state index is 0.0949. The molecule has 1 aromatic carbocycles. The number of para-hydroxylation sites is 1. The molecule has 0 aliphatic carbocycles. The Kier molecular flexibility index (Phi) is 4.60. The number of piperidine rings is 1. The molecule has 5 heteroatoms. The van der Waals surface area contributed by atoms with Crippen LogP contribution in [0.25, 0.3) is 11.0 Å². The van der Waals surface area contributed by atoms with E-state index in [2.05, 4.69) is 13.8 Å². The largest absolute Gasteiger partial charge is 0.490 e. The van der Waals surface area contributed by atoms with Crippen molar-refractivity contribution in [3.63, 3.8) is 0 Å². The molecule has 1 saturated heterocycles. The number of fused-ring (bicyclic) bond motifs is 1. The zero-order valence-electron chi connectivity index (χ0n) is 14.4. The van der Waals surface area contributed by atoms with Crippen LogP contribution in [-0.2, 0) is 0 Å². The van der Waals surface area contributed by atoms with E-state index >= 15 is 0 Å². The molecule has 5 nitrogen and oxygen atoms in total. The van der Waals surface area contributed by atoms with Crippen molar-refractivity contribution in [2.75, 3.05) is 19.7 Å². The van der Waals surface area contributed by atoms with E-state index < -0.39 is 5.63 Å². The van der Waals surface area contributed by atoms with Crippen LogP contribution >= 0.6 is 0 Å². The Labute approximate surface area is 141 Å². The average molecular weight is 329 g/mol. The summed E-state index contributed by atoms with van der Waals surface area (Å²) < 4.78 is 10.9. The molecule has 0 saturated carbocycles. The van der Waals surface area contributed by atoms with Gasteiger partial charge < -0.3 is 14.1 Å². The molecule has 2 atom stereocenters. The van der Waals surface area contributed by atoms with Gasteiger partial charge in [0, 0.05) is 18.5 Å². The van der Waals surface area contributed by atoms with Crippen LogP contribution in [0.5, 0.6) is 5.75 Å². The Balaban J connectivity index is 1.99. The van der Waals surface area contributed by atoms with Crippen molar-refractivity contribution in [2.45, 2.75) is 27.2 Å². The molecule has 1 aliphatic rings. The minimum Gasteiger partial charge on any atom is -0.490 e. The Morgan fingerprint density at radius 2 is 2.00 bits per heavy atom. The van der Waals surface area contributed by atoms with Gasteiger partial charge in [0.15, 0.2) is 11.3 Å². The molecule has 0 bridgehead atoms. The Morgan fingerprint density at radius 3 is 2.67 bits per heavy atom. The third-order valence-corrected chi connectivity index (χ3v) is 4.41. The Hall–Kier alpha value is -2.30. The second kappa shape index (κ2) is 6.67. The van der Waals surface area contributed by atoms with E-state index in [-0.39, 0.29) is 11.5 Å². The van der Waals surface area contributed by atoms with Crippen LogP contribution in [-0.4, -0.2) is 30.5 Å². The van der Waals surface area contributed by atoms with Gasteiger partial charge in [-0.2, -0.15) is 0 Å². The summed E-state index contributed by atoms with van der Waals surface area (Å²) in [4.78, 5) is 26.9. The van der Waals surface area contributed by atoms with Crippen LogP contribution in [0.15, 0.2) is 33.5 Å². The summed E-state index contributed by atoms with van der Waals surface area (Å²) in [6, 6.07) is 7.02. The molecular weight excluding hydrogens is 306 g/mol. The fourth-order valence-corrected chi connectivity index (χ4v) is 3.54. The van der Waals surface area contributed by atoms with Gasteiger partial charge in [-0.25, -0.2) is 4.79 Å². The molecule has 1 fully saturated rings. The van der Waals surface area contributed by atoms with Crippen molar-refractivity contribution in [2.24, 2.45) is 11.8 Å². The molecule has 0 unspecified atom stereocenters. The fraction of sp³-hybridized carbons (Fsp3) is 0.474. The Bertz CT molecular complexity index is 801. The van der Waals surface area contributed by atoms with Crippen LogP contribution in [0.3, 0.4) is 0 Å². The summed E-state index contributed by atoms with van der Waals surface area (Å²) in [6.45, 7) is 7.97. The van der Waals surface area contributed by atoms with Gasteiger partial charge in [-0.05, 0) is 37.3 Å². The third kappa shape index (κ3) is 3.16. The van der Waals surface area contributed by atoms with Crippen molar-refractivity contribution in [1.82, 2.24) is 4.90 Å². The molecule has 2 heterocycles. The van der Waals surface area contributed by atoms with Gasteiger partial charge in [-0.1, -0.05) is 26.0 Å². The van der Waals surface area contributed by atoms with Crippen LogP contribution in [0.1, 0.15) is 37.6 Å². The molecule has 0 N–H and O–H groups in total. The number of hydrogen-bond donors (Lipinski definition) is 0. The maximum atomic E-state index is 12.8. The average Bonchev–Trinajstić information content (AvgIpc) is 2.53. The van der Waals surface area contributed by atoms with Crippen molar-refractivity contribution in [1.29, 1.82) is 0 Å². The normalized spacial score (nSPS) is 21.0. The molecule has 128 valence electrons. The van der Waals surface area contributed by atoms with E-state index in [0.29, 0.717) is 48.3 Å². The van der Waals surface area contributed by atoms with E-state index in [1.54, 1.807) is 17.0 Å². The van der Waals surface area contributed by atoms with Crippen molar-refractivity contribution < 1.29 is 13.9 Å². The number of likely N-dealkylation sites (tertiary alicyclic amines) is 1. The number of benzene rings is 1. The van der Waals surface area contributed by atoms with E-state index in [1.165, 1.54) is 0 Å². The summed E-state index contributed by atoms with van der Waals surface area (Å²) in [5.74, 6) is 1.15. The summed E-state index contributed by atoms with van der Waals surface area (Å²) >= 11 is 0. The zero-order valence-corrected chi connectivity index (χ0v) is 14.4. The number of ether oxygens (including phenoxy) is 1. The van der Waals surface area contributed by atoms with Gasteiger partial charge >= 0.3 is 5.63 Å². The van der Waals surface area contributed by atoms with Crippen molar-refractivity contribution in [3.05, 3.63) is 40.2 Å². The lowest BCUT2D eigenvalue weighted by Crippen LogP contribution is -2.43. The summed E-state index contributed by atoms with van der Waals surface area (Å²) in [6.07, 6.45) is 1.10. The summed E-state index contributed by atoms with van der Waals surface area (Å²) in [7, 11) is 0. The predicted molar refractivity (Wildman–Crippen MR) is 92.5 cm³/mol. The molecule has 2 aromatic rings. The topological polar surface area (TPSA) is 59.8 Å². The molecule has 1 aromatic heterocycles. The number of hydrogen-bond acceptors (Lipinski definition) is 4. The summed E-state index contributed by atoms with van der Waals surface area (Å²) in [5.41, 5.74) is -0.121.